The summed E-state index contributed by atoms with van der Waals surface area (Å²) in [5.41, 5.74) is 9.61. The molecule has 6 heteroatoms. The summed E-state index contributed by atoms with van der Waals surface area (Å²) in [4.78, 5) is 14.2. The molecule has 1 rings (SSSR count). The summed E-state index contributed by atoms with van der Waals surface area (Å²) < 4.78 is 24.8. The molecule has 0 aliphatic rings. The fourth-order valence-corrected chi connectivity index (χ4v) is 1.20. The van der Waals surface area contributed by atoms with E-state index in [2.05, 4.69) is 4.98 Å². The van der Waals surface area contributed by atoms with Gasteiger partial charge in [-0.15, -0.1) is 0 Å². The molecule has 76 valence electrons. The van der Waals surface area contributed by atoms with Crippen LogP contribution in [0.2, 0.25) is 0 Å². The molecule has 0 saturated heterocycles. The van der Waals surface area contributed by atoms with Gasteiger partial charge in [-0.3, -0.25) is 4.79 Å². The van der Waals surface area contributed by atoms with Crippen molar-refractivity contribution in [1.82, 2.24) is 4.98 Å². The molecule has 0 aromatic carbocycles. The first-order chi connectivity index (χ1) is 6.43. The smallest absolute Gasteiger partial charge is 0.281 e. The number of carbonyl (C=O) groups is 1. The number of nitrogens with zero attached hydrogens (tertiary/aromatic N) is 1. The number of carbonyl (C=O) groups excluding carboxylic acids is 1. The number of alkyl halides is 2. The van der Waals surface area contributed by atoms with Crippen molar-refractivity contribution in [1.29, 1.82) is 0 Å². The maximum Gasteiger partial charge on any atom is 0.281 e. The molecule has 1 aromatic rings. The number of anilines is 1. The minimum absolute atomic E-state index is 0.0530. The maximum absolute atomic E-state index is 12.4. The van der Waals surface area contributed by atoms with Gasteiger partial charge in [0.2, 0.25) is 0 Å². The van der Waals surface area contributed by atoms with E-state index in [0.29, 0.717) is 5.56 Å². The summed E-state index contributed by atoms with van der Waals surface area (Å²) in [5.74, 6) is -0.979. The zero-order chi connectivity index (χ0) is 10.9. The van der Waals surface area contributed by atoms with Gasteiger partial charge in [0.1, 0.15) is 11.5 Å². The molecule has 1 aromatic heterocycles. The van der Waals surface area contributed by atoms with Crippen molar-refractivity contribution in [2.75, 3.05) is 5.73 Å². The van der Waals surface area contributed by atoms with Gasteiger partial charge < -0.3 is 11.5 Å². The first-order valence-electron chi connectivity index (χ1n) is 3.78. The largest absolute Gasteiger partial charge is 0.384 e. The Bertz CT molecular complexity index is 379. The third kappa shape index (κ3) is 1.78. The molecule has 0 fully saturated rings. The number of primary amides is 1. The van der Waals surface area contributed by atoms with Gasteiger partial charge in [0, 0.05) is 0 Å². The van der Waals surface area contributed by atoms with Gasteiger partial charge in [0.15, 0.2) is 0 Å². The highest BCUT2D eigenvalue weighted by Gasteiger charge is 2.21. The van der Waals surface area contributed by atoms with Crippen LogP contribution in [0.25, 0.3) is 0 Å². The molecule has 0 atom stereocenters. The van der Waals surface area contributed by atoms with Crippen LogP contribution in [-0.4, -0.2) is 10.9 Å². The van der Waals surface area contributed by atoms with Crippen molar-refractivity contribution in [2.24, 2.45) is 5.73 Å². The average Bonchev–Trinajstić information content (AvgIpc) is 2.01. The van der Waals surface area contributed by atoms with Crippen LogP contribution in [0.4, 0.5) is 14.6 Å². The minimum Gasteiger partial charge on any atom is -0.384 e. The number of halogens is 2. The van der Waals surface area contributed by atoms with E-state index in [9.17, 15) is 13.6 Å². The number of pyridine rings is 1. The van der Waals surface area contributed by atoms with E-state index in [1.165, 1.54) is 13.0 Å². The molecular formula is C8H9F2N3O. The summed E-state index contributed by atoms with van der Waals surface area (Å²) in [5, 5.41) is 0. The van der Waals surface area contributed by atoms with Gasteiger partial charge in [-0.2, -0.15) is 0 Å². The number of aromatic nitrogens is 1. The first kappa shape index (κ1) is 10.4. The van der Waals surface area contributed by atoms with Crippen LogP contribution in [0.3, 0.4) is 0 Å². The lowest BCUT2D eigenvalue weighted by molar-refractivity contribution is 0.0982. The number of hydrogen-bond donors (Lipinski definition) is 2. The summed E-state index contributed by atoms with van der Waals surface area (Å²) >= 11 is 0. The normalized spacial score (nSPS) is 10.6. The number of hydrogen-bond acceptors (Lipinski definition) is 3. The third-order valence-electron chi connectivity index (χ3n) is 1.72. The Morgan fingerprint density at radius 2 is 2.14 bits per heavy atom. The number of rotatable bonds is 2. The molecule has 0 bridgehead atoms. The SMILES string of the molecule is Cc1cc(N)nc(C(F)F)c1C(N)=O. The lowest BCUT2D eigenvalue weighted by atomic mass is 10.1. The van der Waals surface area contributed by atoms with Crippen LogP contribution in [0.5, 0.6) is 0 Å². The molecule has 1 amide bonds. The van der Waals surface area contributed by atoms with E-state index < -0.39 is 18.0 Å². The second-order valence-corrected chi connectivity index (χ2v) is 2.79. The molecule has 0 radical (unpaired) electrons. The highest BCUT2D eigenvalue weighted by atomic mass is 19.3. The highest BCUT2D eigenvalue weighted by Crippen LogP contribution is 2.24. The van der Waals surface area contributed by atoms with Crippen molar-refractivity contribution in [2.45, 2.75) is 13.3 Å². The second kappa shape index (κ2) is 3.57. The molecule has 4 nitrogen and oxygen atoms in total. The van der Waals surface area contributed by atoms with Gasteiger partial charge in [0.25, 0.3) is 12.3 Å². The summed E-state index contributed by atoms with van der Waals surface area (Å²) in [6.07, 6.45) is -2.86. The number of aryl methyl sites for hydroxylation is 1. The predicted molar refractivity (Wildman–Crippen MR) is 46.9 cm³/mol. The zero-order valence-electron chi connectivity index (χ0n) is 7.42. The van der Waals surface area contributed by atoms with Crippen LogP contribution >= 0.6 is 0 Å². The van der Waals surface area contributed by atoms with Crippen molar-refractivity contribution >= 4 is 11.7 Å². The molecule has 1 heterocycles. The highest BCUT2D eigenvalue weighted by molar-refractivity contribution is 5.95. The van der Waals surface area contributed by atoms with Gasteiger partial charge in [-0.25, -0.2) is 13.8 Å². The Morgan fingerprint density at radius 1 is 1.57 bits per heavy atom. The average molecular weight is 201 g/mol. The third-order valence-corrected chi connectivity index (χ3v) is 1.72. The summed E-state index contributed by atoms with van der Waals surface area (Å²) in [6.45, 7) is 1.48. The van der Waals surface area contributed by atoms with E-state index >= 15 is 0 Å². The van der Waals surface area contributed by atoms with Gasteiger partial charge in [-0.05, 0) is 18.6 Å². The number of nitrogen functional groups attached to an aromatic ring is 1. The van der Waals surface area contributed by atoms with Crippen LogP contribution in [0, 0.1) is 6.92 Å². The van der Waals surface area contributed by atoms with Crippen molar-refractivity contribution in [3.8, 4) is 0 Å². The lowest BCUT2D eigenvalue weighted by Gasteiger charge is -2.08. The van der Waals surface area contributed by atoms with E-state index in [-0.39, 0.29) is 11.4 Å². The fourth-order valence-electron chi connectivity index (χ4n) is 1.20. The Balaban J connectivity index is 3.44. The van der Waals surface area contributed by atoms with Crippen LogP contribution < -0.4 is 11.5 Å². The van der Waals surface area contributed by atoms with E-state index in [4.69, 9.17) is 11.5 Å². The van der Waals surface area contributed by atoms with E-state index in [0.717, 1.165) is 0 Å². The monoisotopic (exact) mass is 201 g/mol. The molecule has 0 aliphatic carbocycles. The lowest BCUT2D eigenvalue weighted by Crippen LogP contribution is -2.17. The summed E-state index contributed by atoms with van der Waals surface area (Å²) in [6, 6.07) is 1.33. The molecule has 14 heavy (non-hydrogen) atoms. The molecule has 0 spiro atoms. The van der Waals surface area contributed by atoms with Crippen LogP contribution in [0.15, 0.2) is 6.07 Å². The topological polar surface area (TPSA) is 82.0 Å². The molecular weight excluding hydrogens is 192 g/mol. The van der Waals surface area contributed by atoms with Gasteiger partial charge in [0.05, 0.1) is 5.56 Å². The van der Waals surface area contributed by atoms with Crippen molar-refractivity contribution < 1.29 is 13.6 Å². The van der Waals surface area contributed by atoms with Crippen molar-refractivity contribution in [3.05, 3.63) is 22.9 Å². The van der Waals surface area contributed by atoms with Crippen molar-refractivity contribution in [3.63, 3.8) is 0 Å². The number of amides is 1. The van der Waals surface area contributed by atoms with Gasteiger partial charge >= 0.3 is 0 Å². The Hall–Kier alpha value is -1.72. The Kier molecular flexibility index (Phi) is 2.64. The number of nitrogens with two attached hydrogens (primary N) is 2. The maximum atomic E-state index is 12.4. The Labute approximate surface area is 78.9 Å². The minimum atomic E-state index is -2.86. The molecule has 0 saturated carbocycles. The standard InChI is InChI=1S/C8H9F2N3O/c1-3-2-4(11)13-6(7(9)10)5(3)8(12)14/h2,7H,1H3,(H2,11,13)(H2,12,14). The molecule has 4 N–H and O–H groups in total. The Morgan fingerprint density at radius 3 is 2.57 bits per heavy atom. The second-order valence-electron chi connectivity index (χ2n) is 2.79. The van der Waals surface area contributed by atoms with E-state index in [1.807, 2.05) is 0 Å². The predicted octanol–water partition coefficient (Wildman–Crippen LogP) is 1.01. The molecule has 0 unspecified atom stereocenters. The zero-order valence-corrected chi connectivity index (χ0v) is 7.42. The van der Waals surface area contributed by atoms with E-state index in [1.54, 1.807) is 0 Å². The van der Waals surface area contributed by atoms with Crippen LogP contribution in [-0.2, 0) is 0 Å². The fraction of sp³-hybridized carbons (Fsp3) is 0.250. The quantitative estimate of drug-likeness (QED) is 0.749. The van der Waals surface area contributed by atoms with Crippen LogP contribution in [0.1, 0.15) is 28.0 Å². The summed E-state index contributed by atoms with van der Waals surface area (Å²) in [7, 11) is 0. The first-order valence-corrected chi connectivity index (χ1v) is 3.78. The van der Waals surface area contributed by atoms with Gasteiger partial charge in [-0.1, -0.05) is 0 Å². The molecule has 0 aliphatic heterocycles.